The molecule has 0 atom stereocenters. The van der Waals surface area contributed by atoms with E-state index < -0.39 is 10.1 Å². The number of halogens is 1. The van der Waals surface area contributed by atoms with Crippen molar-refractivity contribution in [2.75, 3.05) is 0 Å². The summed E-state index contributed by atoms with van der Waals surface area (Å²) in [5.74, 6) is 0.365. The Kier molecular flexibility index (Phi) is 5.37. The van der Waals surface area contributed by atoms with Crippen molar-refractivity contribution in [1.82, 2.24) is 0 Å². The summed E-state index contributed by atoms with van der Waals surface area (Å²) in [6, 6.07) is 13.0. The van der Waals surface area contributed by atoms with E-state index >= 15 is 0 Å². The predicted molar refractivity (Wildman–Crippen MR) is 87.4 cm³/mol. The monoisotopic (exact) mass is 382 g/mol. The van der Waals surface area contributed by atoms with Gasteiger partial charge in [0.1, 0.15) is 16.4 Å². The summed E-state index contributed by atoms with van der Waals surface area (Å²) in [5, 5.41) is 0. The Morgan fingerprint density at radius 2 is 1.82 bits per heavy atom. The van der Waals surface area contributed by atoms with Crippen molar-refractivity contribution < 1.29 is 17.4 Å². The van der Waals surface area contributed by atoms with Crippen molar-refractivity contribution in [3.05, 3.63) is 58.6 Å². The van der Waals surface area contributed by atoms with Gasteiger partial charge in [-0.3, -0.25) is 0 Å². The van der Waals surface area contributed by atoms with Crippen molar-refractivity contribution >= 4 is 31.8 Å². The average molecular weight is 383 g/mol. The van der Waals surface area contributed by atoms with Gasteiger partial charge in [-0.15, -0.1) is 0 Å². The minimum absolute atomic E-state index is 0.0857. The van der Waals surface area contributed by atoms with Crippen LogP contribution in [0.5, 0.6) is 5.75 Å². The van der Waals surface area contributed by atoms with Gasteiger partial charge in [-0.25, -0.2) is 0 Å². The first-order valence-corrected chi connectivity index (χ1v) is 8.85. The molecule has 116 valence electrons. The number of Topliss-reactive ketones (excluding diaryl/α,β-unsaturated/α-hetero) is 1. The highest BCUT2D eigenvalue weighted by molar-refractivity contribution is 9.10. The molecule has 0 saturated heterocycles. The third kappa shape index (κ3) is 4.68. The van der Waals surface area contributed by atoms with Crippen LogP contribution in [0.2, 0.25) is 0 Å². The van der Waals surface area contributed by atoms with Gasteiger partial charge >= 0.3 is 10.1 Å². The Labute approximate surface area is 138 Å². The van der Waals surface area contributed by atoms with Crippen molar-refractivity contribution in [2.45, 2.75) is 24.7 Å². The zero-order chi connectivity index (χ0) is 16.2. The zero-order valence-electron chi connectivity index (χ0n) is 12.0. The van der Waals surface area contributed by atoms with E-state index in [0.717, 1.165) is 5.56 Å². The van der Waals surface area contributed by atoms with Crippen LogP contribution in [-0.4, -0.2) is 14.2 Å². The lowest BCUT2D eigenvalue weighted by Crippen LogP contribution is -2.09. The second kappa shape index (κ2) is 7.07. The molecule has 0 heterocycles. The smallest absolute Gasteiger partial charge is 0.339 e. The highest BCUT2D eigenvalue weighted by atomic mass is 79.9. The Morgan fingerprint density at radius 3 is 2.41 bits per heavy atom. The molecule has 0 saturated carbocycles. The molecule has 0 aliphatic carbocycles. The van der Waals surface area contributed by atoms with E-state index in [-0.39, 0.29) is 16.4 Å². The average Bonchev–Trinajstić information content (AvgIpc) is 2.46. The van der Waals surface area contributed by atoms with Gasteiger partial charge in [-0.1, -0.05) is 34.1 Å². The summed E-state index contributed by atoms with van der Waals surface area (Å²) >= 11 is 3.23. The van der Waals surface area contributed by atoms with E-state index in [9.17, 15) is 13.2 Å². The SMILES string of the molecule is CC(=O)CCc1ccc(OS(=O)(=O)c2cccc(Br)c2)cc1. The molecule has 2 rings (SSSR count). The van der Waals surface area contributed by atoms with Crippen LogP contribution >= 0.6 is 15.9 Å². The van der Waals surface area contributed by atoms with Crippen LogP contribution < -0.4 is 4.18 Å². The third-order valence-electron chi connectivity index (χ3n) is 2.98. The van der Waals surface area contributed by atoms with E-state index in [0.29, 0.717) is 17.3 Å². The normalized spacial score (nSPS) is 11.2. The maximum Gasteiger partial charge on any atom is 0.339 e. The molecule has 0 spiro atoms. The van der Waals surface area contributed by atoms with Gasteiger partial charge in [0.2, 0.25) is 0 Å². The molecular formula is C16H15BrO4S. The summed E-state index contributed by atoms with van der Waals surface area (Å²) < 4.78 is 30.1. The topological polar surface area (TPSA) is 60.4 Å². The molecule has 0 bridgehead atoms. The van der Waals surface area contributed by atoms with Crippen LogP contribution in [0, 0.1) is 0 Å². The second-order valence-electron chi connectivity index (χ2n) is 4.84. The molecule has 0 amide bonds. The van der Waals surface area contributed by atoms with E-state index in [1.54, 1.807) is 43.3 Å². The molecule has 0 fully saturated rings. The molecule has 0 aromatic heterocycles. The number of rotatable bonds is 6. The summed E-state index contributed by atoms with van der Waals surface area (Å²) in [6.07, 6.45) is 1.10. The number of carbonyl (C=O) groups is 1. The van der Waals surface area contributed by atoms with E-state index in [1.165, 1.54) is 12.1 Å². The quantitative estimate of drug-likeness (QED) is 0.713. The lowest BCUT2D eigenvalue weighted by Gasteiger charge is -2.08. The fourth-order valence-corrected chi connectivity index (χ4v) is 3.36. The lowest BCUT2D eigenvalue weighted by molar-refractivity contribution is -0.116. The Hall–Kier alpha value is -1.66. The van der Waals surface area contributed by atoms with Crippen LogP contribution in [0.25, 0.3) is 0 Å². The molecule has 4 nitrogen and oxygen atoms in total. The number of hydrogen-bond donors (Lipinski definition) is 0. The maximum atomic E-state index is 12.2. The molecule has 2 aromatic rings. The first-order chi connectivity index (χ1) is 10.4. The summed E-state index contributed by atoms with van der Waals surface area (Å²) in [4.78, 5) is 11.0. The fraction of sp³-hybridized carbons (Fsp3) is 0.188. The number of ketones is 1. The Balaban J connectivity index is 2.11. The molecule has 0 radical (unpaired) electrons. The van der Waals surface area contributed by atoms with E-state index in [2.05, 4.69) is 15.9 Å². The molecule has 0 N–H and O–H groups in total. The van der Waals surface area contributed by atoms with Gasteiger partial charge in [0.25, 0.3) is 0 Å². The van der Waals surface area contributed by atoms with E-state index in [1.807, 2.05) is 0 Å². The summed E-state index contributed by atoms with van der Waals surface area (Å²) in [6.45, 7) is 1.54. The van der Waals surface area contributed by atoms with Gasteiger partial charge in [-0.05, 0) is 49.2 Å². The number of hydrogen-bond acceptors (Lipinski definition) is 4. The van der Waals surface area contributed by atoms with Crippen molar-refractivity contribution in [1.29, 1.82) is 0 Å². The van der Waals surface area contributed by atoms with Crippen LogP contribution in [-0.2, 0) is 21.3 Å². The van der Waals surface area contributed by atoms with E-state index in [4.69, 9.17) is 4.18 Å². The highest BCUT2D eigenvalue weighted by Gasteiger charge is 2.16. The molecule has 22 heavy (non-hydrogen) atoms. The minimum atomic E-state index is -3.86. The Morgan fingerprint density at radius 1 is 1.14 bits per heavy atom. The largest absolute Gasteiger partial charge is 0.379 e. The number of carbonyl (C=O) groups excluding carboxylic acids is 1. The molecule has 0 aliphatic rings. The first kappa shape index (κ1) is 16.7. The molecular weight excluding hydrogens is 368 g/mol. The van der Waals surface area contributed by atoms with Gasteiger partial charge in [-0.2, -0.15) is 8.42 Å². The Bertz CT molecular complexity index is 767. The van der Waals surface area contributed by atoms with Gasteiger partial charge in [0, 0.05) is 10.9 Å². The summed E-state index contributed by atoms with van der Waals surface area (Å²) in [7, 11) is -3.86. The molecule has 6 heteroatoms. The van der Waals surface area contributed by atoms with Crippen LogP contribution in [0.1, 0.15) is 18.9 Å². The van der Waals surface area contributed by atoms with Crippen LogP contribution in [0.4, 0.5) is 0 Å². The fourth-order valence-electron chi connectivity index (χ4n) is 1.83. The zero-order valence-corrected chi connectivity index (χ0v) is 14.4. The van der Waals surface area contributed by atoms with Gasteiger partial charge in [0.15, 0.2) is 0 Å². The minimum Gasteiger partial charge on any atom is -0.379 e. The first-order valence-electron chi connectivity index (χ1n) is 6.65. The van der Waals surface area contributed by atoms with Gasteiger partial charge < -0.3 is 8.98 Å². The number of benzene rings is 2. The van der Waals surface area contributed by atoms with Crippen molar-refractivity contribution in [3.8, 4) is 5.75 Å². The van der Waals surface area contributed by atoms with Crippen molar-refractivity contribution in [2.24, 2.45) is 0 Å². The lowest BCUT2D eigenvalue weighted by atomic mass is 10.1. The summed E-state index contributed by atoms with van der Waals surface area (Å²) in [5.41, 5.74) is 0.961. The van der Waals surface area contributed by atoms with Crippen molar-refractivity contribution in [3.63, 3.8) is 0 Å². The second-order valence-corrected chi connectivity index (χ2v) is 7.30. The number of aryl methyl sites for hydroxylation is 1. The standard InChI is InChI=1S/C16H15BrO4S/c1-12(18)5-6-13-7-9-15(10-8-13)21-22(19,20)16-4-2-3-14(17)11-16/h2-4,7-11H,5-6H2,1H3. The maximum absolute atomic E-state index is 12.2. The van der Waals surface area contributed by atoms with Gasteiger partial charge in [0.05, 0.1) is 0 Å². The predicted octanol–water partition coefficient (Wildman–Crippen LogP) is 3.74. The third-order valence-corrected chi connectivity index (χ3v) is 4.72. The van der Waals surface area contributed by atoms with Crippen LogP contribution in [0.15, 0.2) is 57.9 Å². The molecule has 0 unspecified atom stereocenters. The molecule has 0 aliphatic heterocycles. The van der Waals surface area contributed by atoms with Crippen LogP contribution in [0.3, 0.4) is 0 Å². The molecule has 2 aromatic carbocycles. The highest BCUT2D eigenvalue weighted by Crippen LogP contribution is 2.22.